The van der Waals surface area contributed by atoms with E-state index in [9.17, 15) is 14.7 Å². The van der Waals surface area contributed by atoms with Gasteiger partial charge in [0.05, 0.1) is 6.10 Å². The number of aldehydes is 2. The third-order valence-electron chi connectivity index (χ3n) is 9.43. The summed E-state index contributed by atoms with van der Waals surface area (Å²) in [6.45, 7) is 4.53. The van der Waals surface area contributed by atoms with Crippen LogP contribution in [0.3, 0.4) is 0 Å². The molecule has 0 radical (unpaired) electrons. The lowest BCUT2D eigenvalue weighted by atomic mass is 9.53. The second-order valence-corrected chi connectivity index (χ2v) is 11.6. The van der Waals surface area contributed by atoms with E-state index in [-0.39, 0.29) is 17.4 Å². The fraction of sp³-hybridized carbons (Fsp3) is 0.405. The van der Waals surface area contributed by atoms with Crippen molar-refractivity contribution in [3.63, 3.8) is 0 Å². The van der Waals surface area contributed by atoms with Gasteiger partial charge in [-0.1, -0.05) is 68.0 Å². The second-order valence-electron chi connectivity index (χ2n) is 11.6. The van der Waals surface area contributed by atoms with Crippen LogP contribution in [0.15, 0.2) is 77.4 Å². The molecule has 0 aliphatic heterocycles. The number of benzene rings is 2. The number of fused-ring (bicyclic) bond motifs is 3. The van der Waals surface area contributed by atoms with Gasteiger partial charge in [0.25, 0.3) is 0 Å². The van der Waals surface area contributed by atoms with E-state index in [0.717, 1.165) is 75.8 Å². The number of carbonyl (C=O) groups is 2. The topological polar surface area (TPSA) is 74.6 Å². The predicted octanol–water partition coefficient (Wildman–Crippen LogP) is 7.07. The molecule has 0 amide bonds. The fourth-order valence-electron chi connectivity index (χ4n) is 7.57. The standard InChI is InChI=1S/C36H38O3.CH4O/c1-3-7-30-29(20-21-37)16-17-31-33-18-19-34(39)36(33,2)23-32(35(30)31)28-14-12-25(13-15-28)8-4-5-9-26-10-6-11-27(22-26)24-38;1-2/h5-6,9-15,20-22,24,31-34,39H,3,7,16-19,23H2,1-2H3;2H,1H3/b9-5-,29-20-;. The molecule has 41 heavy (non-hydrogen) atoms. The summed E-state index contributed by atoms with van der Waals surface area (Å²) >= 11 is 0. The highest BCUT2D eigenvalue weighted by atomic mass is 16.3. The summed E-state index contributed by atoms with van der Waals surface area (Å²) in [5.74, 6) is 7.57. The third-order valence-corrected chi connectivity index (χ3v) is 9.43. The average molecular weight is 551 g/mol. The molecule has 4 nitrogen and oxygen atoms in total. The van der Waals surface area contributed by atoms with Gasteiger partial charge in [-0.15, -0.1) is 0 Å². The van der Waals surface area contributed by atoms with Crippen molar-refractivity contribution >= 4 is 18.6 Å². The van der Waals surface area contributed by atoms with E-state index in [1.807, 2.05) is 30.4 Å². The minimum atomic E-state index is -0.253. The Labute approximate surface area is 244 Å². The van der Waals surface area contributed by atoms with Crippen LogP contribution in [0.5, 0.6) is 0 Å². The summed E-state index contributed by atoms with van der Waals surface area (Å²) in [6, 6.07) is 16.1. The number of allylic oxidation sites excluding steroid dienone is 5. The highest BCUT2D eigenvalue weighted by Gasteiger charge is 2.56. The van der Waals surface area contributed by atoms with Crippen molar-refractivity contribution in [3.05, 3.63) is 99.7 Å². The van der Waals surface area contributed by atoms with E-state index in [4.69, 9.17) is 5.11 Å². The molecule has 0 spiro atoms. The Morgan fingerprint density at radius 1 is 1.02 bits per heavy atom. The molecule has 0 saturated heterocycles. The van der Waals surface area contributed by atoms with E-state index in [1.165, 1.54) is 22.3 Å². The summed E-state index contributed by atoms with van der Waals surface area (Å²) in [4.78, 5) is 22.5. The first-order chi connectivity index (χ1) is 20.0. The number of carbonyl (C=O) groups excluding carboxylic acids is 2. The highest BCUT2D eigenvalue weighted by Crippen LogP contribution is 2.63. The van der Waals surface area contributed by atoms with E-state index < -0.39 is 0 Å². The molecule has 5 rings (SSSR count). The van der Waals surface area contributed by atoms with Crippen molar-refractivity contribution in [3.8, 4) is 11.8 Å². The largest absolute Gasteiger partial charge is 0.400 e. The lowest BCUT2D eigenvalue weighted by Gasteiger charge is -2.51. The Hall–Kier alpha value is -3.52. The summed E-state index contributed by atoms with van der Waals surface area (Å²) < 4.78 is 0. The number of hydrogen-bond acceptors (Lipinski definition) is 4. The fourth-order valence-corrected chi connectivity index (χ4v) is 7.57. The van der Waals surface area contributed by atoms with Crippen molar-refractivity contribution in [2.75, 3.05) is 7.11 Å². The molecule has 5 unspecified atom stereocenters. The van der Waals surface area contributed by atoms with Gasteiger partial charge in [0.15, 0.2) is 0 Å². The minimum Gasteiger partial charge on any atom is -0.400 e. The Morgan fingerprint density at radius 3 is 2.49 bits per heavy atom. The normalized spacial score (nSPS) is 27.8. The van der Waals surface area contributed by atoms with Crippen LogP contribution < -0.4 is 0 Å². The molecule has 3 aliphatic rings. The van der Waals surface area contributed by atoms with Gasteiger partial charge in [0.2, 0.25) is 0 Å². The van der Waals surface area contributed by atoms with Crippen LogP contribution in [0.1, 0.15) is 91.8 Å². The molecule has 214 valence electrons. The molecule has 2 N–H and O–H groups in total. The molecule has 2 aromatic rings. The zero-order valence-corrected chi connectivity index (χ0v) is 24.5. The number of aliphatic hydroxyl groups excluding tert-OH is 2. The van der Waals surface area contributed by atoms with Crippen LogP contribution in [-0.4, -0.2) is 36.0 Å². The first-order valence-corrected chi connectivity index (χ1v) is 14.8. The van der Waals surface area contributed by atoms with Crippen molar-refractivity contribution < 1.29 is 19.8 Å². The second kappa shape index (κ2) is 13.9. The first-order valence-electron chi connectivity index (χ1n) is 14.8. The van der Waals surface area contributed by atoms with Gasteiger partial charge in [-0.2, -0.15) is 0 Å². The lowest BCUT2D eigenvalue weighted by molar-refractivity contribution is -0.104. The monoisotopic (exact) mass is 550 g/mol. The van der Waals surface area contributed by atoms with E-state index in [0.29, 0.717) is 17.4 Å². The summed E-state index contributed by atoms with van der Waals surface area (Å²) in [5, 5.41) is 18.1. The molecule has 2 fully saturated rings. The first kappa shape index (κ1) is 30.4. The molecular weight excluding hydrogens is 508 g/mol. The molecule has 3 aliphatic carbocycles. The predicted molar refractivity (Wildman–Crippen MR) is 165 cm³/mol. The van der Waals surface area contributed by atoms with E-state index in [1.54, 1.807) is 12.1 Å². The number of rotatable bonds is 6. The number of hydrogen-bond donors (Lipinski definition) is 2. The zero-order valence-electron chi connectivity index (χ0n) is 24.5. The molecule has 0 bridgehead atoms. The highest BCUT2D eigenvalue weighted by molar-refractivity contribution is 5.76. The Bertz CT molecular complexity index is 1380. The van der Waals surface area contributed by atoms with Crippen molar-refractivity contribution in [1.29, 1.82) is 0 Å². The van der Waals surface area contributed by atoms with Crippen LogP contribution in [-0.2, 0) is 4.79 Å². The molecular formula is C37H42O4. The van der Waals surface area contributed by atoms with Gasteiger partial charge < -0.3 is 10.2 Å². The van der Waals surface area contributed by atoms with Crippen molar-refractivity contribution in [1.82, 2.24) is 0 Å². The minimum absolute atomic E-state index is 0.0769. The van der Waals surface area contributed by atoms with Gasteiger partial charge in [-0.25, -0.2) is 0 Å². The molecule has 2 saturated carbocycles. The smallest absolute Gasteiger partial charge is 0.150 e. The van der Waals surface area contributed by atoms with E-state index in [2.05, 4.69) is 50.0 Å². The van der Waals surface area contributed by atoms with E-state index >= 15 is 0 Å². The van der Waals surface area contributed by atoms with Gasteiger partial charge in [0, 0.05) is 24.2 Å². The van der Waals surface area contributed by atoms with Crippen molar-refractivity contribution in [2.24, 2.45) is 17.3 Å². The Balaban J connectivity index is 0.00000189. The molecule has 5 atom stereocenters. The maximum atomic E-state index is 11.5. The summed E-state index contributed by atoms with van der Waals surface area (Å²) in [7, 11) is 1.00. The van der Waals surface area contributed by atoms with Gasteiger partial charge in [-0.3, -0.25) is 9.59 Å². The quantitative estimate of drug-likeness (QED) is 0.229. The maximum absolute atomic E-state index is 11.5. The molecule has 4 heteroatoms. The molecule has 2 aromatic carbocycles. The zero-order chi connectivity index (χ0) is 29.4. The van der Waals surface area contributed by atoms with Crippen LogP contribution in [0, 0.1) is 29.1 Å². The Morgan fingerprint density at radius 2 is 1.78 bits per heavy atom. The number of aliphatic hydroxyl groups is 2. The summed E-state index contributed by atoms with van der Waals surface area (Å²) in [6.07, 6.45) is 14.1. The van der Waals surface area contributed by atoms with Crippen molar-refractivity contribution in [2.45, 2.75) is 70.8 Å². The maximum Gasteiger partial charge on any atom is 0.150 e. The lowest BCUT2D eigenvalue weighted by Crippen LogP contribution is -2.44. The van der Waals surface area contributed by atoms with Gasteiger partial charge in [-0.05, 0) is 114 Å². The van der Waals surface area contributed by atoms with Crippen LogP contribution >= 0.6 is 0 Å². The Kier molecular flexibility index (Phi) is 10.3. The van der Waals surface area contributed by atoms with Crippen LogP contribution in [0.4, 0.5) is 0 Å². The van der Waals surface area contributed by atoms with Crippen LogP contribution in [0.25, 0.3) is 6.08 Å². The third kappa shape index (κ3) is 6.38. The molecule has 0 aromatic heterocycles. The molecule has 0 heterocycles. The van der Waals surface area contributed by atoms with Crippen LogP contribution in [0.2, 0.25) is 0 Å². The SMILES string of the molecule is CCCC1=C2C(c3ccc(C#C/C=C\c4cccc(C=O)c4)cc3)CC3(C)C(O)CCC3C2CC/C1=C/C=O.CO. The van der Waals surface area contributed by atoms with Gasteiger partial charge in [0.1, 0.15) is 12.6 Å². The summed E-state index contributed by atoms with van der Waals surface area (Å²) in [5.41, 5.74) is 7.92. The van der Waals surface area contributed by atoms with Gasteiger partial charge >= 0.3 is 0 Å². The average Bonchev–Trinajstić information content (AvgIpc) is 3.31.